The Morgan fingerprint density at radius 1 is 1.23 bits per heavy atom. The lowest BCUT2D eigenvalue weighted by Gasteiger charge is -2.24. The first-order valence-electron chi connectivity index (χ1n) is 8.12. The van der Waals surface area contributed by atoms with Gasteiger partial charge in [-0.05, 0) is 30.9 Å². The number of hydrogen-bond acceptors (Lipinski definition) is 6. The summed E-state index contributed by atoms with van der Waals surface area (Å²) in [7, 11) is 1.93. The van der Waals surface area contributed by atoms with Gasteiger partial charge < -0.3 is 14.2 Å². The molecule has 2 aromatic rings. The van der Waals surface area contributed by atoms with Crippen molar-refractivity contribution in [1.82, 2.24) is 9.78 Å². The third kappa shape index (κ3) is 4.84. The van der Waals surface area contributed by atoms with Crippen LogP contribution in [0, 0.1) is 0 Å². The van der Waals surface area contributed by atoms with Gasteiger partial charge in [-0.25, -0.2) is 19.5 Å². The van der Waals surface area contributed by atoms with Gasteiger partial charge >= 0.3 is 5.97 Å². The van der Waals surface area contributed by atoms with Gasteiger partial charge in [-0.3, -0.25) is 4.79 Å². The summed E-state index contributed by atoms with van der Waals surface area (Å²) in [5, 5.41) is 4.79. The number of carbonyl (C=O) groups is 1. The molecule has 0 aliphatic rings. The Morgan fingerprint density at radius 3 is 2.54 bits per heavy atom. The van der Waals surface area contributed by atoms with Crippen molar-refractivity contribution in [2.75, 3.05) is 45.3 Å². The molecule has 7 nitrogen and oxygen atoms in total. The zero-order valence-corrected chi connectivity index (χ0v) is 16.7. The molecule has 1 unspecified atom stereocenters. The van der Waals surface area contributed by atoms with Gasteiger partial charge in [0.2, 0.25) is 11.5 Å². The second-order valence-corrected chi connectivity index (χ2v) is 11.3. The maximum absolute atomic E-state index is 12.8. The molecule has 1 atom stereocenters. The van der Waals surface area contributed by atoms with E-state index in [1.54, 1.807) is 22.9 Å². The van der Waals surface area contributed by atoms with Gasteiger partial charge in [0, 0.05) is 18.2 Å². The van der Waals surface area contributed by atoms with E-state index in [9.17, 15) is 9.59 Å². The molecule has 0 radical (unpaired) electrons. The van der Waals surface area contributed by atoms with E-state index in [1.165, 1.54) is 14.2 Å². The lowest BCUT2D eigenvalue weighted by atomic mass is 10.1. The van der Waals surface area contributed by atoms with Gasteiger partial charge in [0.1, 0.15) is 12.4 Å². The molecule has 1 aromatic heterocycles. The number of carbonyl (C=O) groups excluding carboxylic acids is 1. The van der Waals surface area contributed by atoms with E-state index in [2.05, 4.69) is 23.9 Å². The summed E-state index contributed by atoms with van der Waals surface area (Å²) in [6, 6.07) is 7.09. The molecule has 0 saturated heterocycles. The van der Waals surface area contributed by atoms with Crippen LogP contribution in [-0.2, 0) is 25.7 Å². The van der Waals surface area contributed by atoms with Gasteiger partial charge in [-0.15, -0.1) is 0 Å². The Balaban J connectivity index is 2.40. The number of benzene rings is 1. The van der Waals surface area contributed by atoms with E-state index in [1.807, 2.05) is 6.07 Å². The fourth-order valence-electron chi connectivity index (χ4n) is 2.41. The number of methoxy groups -OCH3 is 2. The van der Waals surface area contributed by atoms with E-state index >= 15 is 0 Å². The van der Waals surface area contributed by atoms with E-state index in [4.69, 9.17) is 14.2 Å². The second kappa shape index (κ2) is 8.66. The van der Waals surface area contributed by atoms with Crippen LogP contribution in [-0.4, -0.2) is 61.1 Å². The van der Waals surface area contributed by atoms with E-state index in [-0.39, 0.29) is 17.9 Å². The van der Waals surface area contributed by atoms with Gasteiger partial charge in [-0.1, -0.05) is 12.1 Å². The Morgan fingerprint density at radius 2 is 1.92 bits per heavy atom. The summed E-state index contributed by atoms with van der Waals surface area (Å²) < 4.78 is 17.2. The van der Waals surface area contributed by atoms with Crippen LogP contribution in [0.15, 0.2) is 29.1 Å². The summed E-state index contributed by atoms with van der Waals surface area (Å²) in [4.78, 5) is 24.7. The predicted octanol–water partition coefficient (Wildman–Crippen LogP) is 1.93. The van der Waals surface area contributed by atoms with Crippen molar-refractivity contribution < 1.29 is 19.0 Å². The van der Waals surface area contributed by atoms with E-state index in [0.717, 1.165) is 5.75 Å². The molecular formula is C18H26N2O5S. The first kappa shape index (κ1) is 20.4. The van der Waals surface area contributed by atoms with Crippen LogP contribution in [0.4, 0.5) is 0 Å². The highest BCUT2D eigenvalue weighted by Crippen LogP contribution is 2.33. The molecule has 8 heteroatoms. The minimum atomic E-state index is -1.18. The highest BCUT2D eigenvalue weighted by atomic mass is 32.3. The molecule has 2 rings (SSSR count). The first-order valence-corrected chi connectivity index (χ1v) is 11.2. The van der Waals surface area contributed by atoms with Crippen molar-refractivity contribution in [3.63, 3.8) is 0 Å². The predicted molar refractivity (Wildman–Crippen MR) is 104 cm³/mol. The molecule has 0 spiro atoms. The molecule has 0 bridgehead atoms. The summed E-state index contributed by atoms with van der Waals surface area (Å²) in [5.74, 6) is 0.303. The Kier molecular flexibility index (Phi) is 6.80. The average molecular weight is 382 g/mol. The number of esters is 1. The van der Waals surface area contributed by atoms with Gasteiger partial charge in [0.25, 0.3) is 0 Å². The molecule has 0 aliphatic heterocycles. The third-order valence-electron chi connectivity index (χ3n) is 3.84. The maximum Gasteiger partial charge on any atom is 0.341 e. The van der Waals surface area contributed by atoms with Gasteiger partial charge in [0.15, 0.2) is 0 Å². The lowest BCUT2D eigenvalue weighted by molar-refractivity contribution is -0.153. The fourth-order valence-corrected chi connectivity index (χ4v) is 3.03. The summed E-state index contributed by atoms with van der Waals surface area (Å²) in [6.45, 7) is 0.780. The quantitative estimate of drug-likeness (QED) is 0.513. The van der Waals surface area contributed by atoms with Crippen LogP contribution in [0.5, 0.6) is 0 Å². The Labute approximate surface area is 154 Å². The Hall–Kier alpha value is -1.90. The fraction of sp³-hybridized carbons (Fsp3) is 0.500. The van der Waals surface area contributed by atoms with E-state index in [0.29, 0.717) is 17.5 Å². The zero-order valence-electron chi connectivity index (χ0n) is 15.9. The number of rotatable bonds is 8. The monoisotopic (exact) mass is 382 g/mol. The van der Waals surface area contributed by atoms with Crippen LogP contribution in [0.25, 0.3) is 10.9 Å². The number of fused-ring (bicyclic) bond motifs is 1. The minimum Gasteiger partial charge on any atom is -0.467 e. The van der Waals surface area contributed by atoms with Crippen LogP contribution in [0.2, 0.25) is 0 Å². The first-order chi connectivity index (χ1) is 12.3. The van der Waals surface area contributed by atoms with Gasteiger partial charge in [0.05, 0.1) is 19.2 Å². The molecule has 0 fully saturated rings. The molecule has 1 aromatic carbocycles. The number of ether oxygens (including phenoxy) is 3. The standard InChI is InChI=1S/C18H26N2O5S/c1-23-17(18(22)24-2)15-16(21)13-8-6-7-9-14(13)20(19-15)12-25-10-11-26(3,4)5/h6-9,17H,10-12H2,1-5H3. The number of para-hydroxylation sites is 1. The summed E-state index contributed by atoms with van der Waals surface area (Å²) >= 11 is 0. The van der Waals surface area contributed by atoms with Crippen molar-refractivity contribution >= 4 is 26.9 Å². The molecule has 0 aliphatic carbocycles. The lowest BCUT2D eigenvalue weighted by Crippen LogP contribution is -2.28. The molecular weight excluding hydrogens is 356 g/mol. The molecule has 144 valence electrons. The van der Waals surface area contributed by atoms with Gasteiger partial charge in [-0.2, -0.15) is 5.10 Å². The smallest absolute Gasteiger partial charge is 0.341 e. The van der Waals surface area contributed by atoms with Crippen molar-refractivity contribution in [2.45, 2.75) is 12.8 Å². The molecule has 0 N–H and O–H groups in total. The second-order valence-electron chi connectivity index (χ2n) is 6.70. The highest BCUT2D eigenvalue weighted by Gasteiger charge is 2.27. The van der Waals surface area contributed by atoms with Crippen molar-refractivity contribution in [2.24, 2.45) is 0 Å². The van der Waals surface area contributed by atoms with Crippen molar-refractivity contribution in [3.05, 3.63) is 40.2 Å². The van der Waals surface area contributed by atoms with Crippen LogP contribution >= 0.6 is 10.0 Å². The average Bonchev–Trinajstić information content (AvgIpc) is 2.61. The maximum atomic E-state index is 12.8. The number of hydrogen-bond donors (Lipinski definition) is 0. The van der Waals surface area contributed by atoms with E-state index < -0.39 is 22.1 Å². The molecule has 26 heavy (non-hydrogen) atoms. The van der Waals surface area contributed by atoms with Crippen molar-refractivity contribution in [1.29, 1.82) is 0 Å². The summed E-state index contributed by atoms with van der Waals surface area (Å²) in [5.41, 5.74) is 0.278. The van der Waals surface area contributed by atoms with Crippen LogP contribution in [0.1, 0.15) is 11.8 Å². The van der Waals surface area contributed by atoms with Crippen molar-refractivity contribution in [3.8, 4) is 0 Å². The zero-order chi connectivity index (χ0) is 19.3. The topological polar surface area (TPSA) is 79.7 Å². The Bertz CT molecular complexity index is 828. The largest absolute Gasteiger partial charge is 0.467 e. The minimum absolute atomic E-state index is 0.0110. The highest BCUT2D eigenvalue weighted by molar-refractivity contribution is 8.32. The number of aromatic nitrogens is 2. The SMILES string of the molecule is COC(=O)C(OC)c1nn(COCCS(C)(C)C)c2ccccc2c1=O. The summed E-state index contributed by atoms with van der Waals surface area (Å²) in [6.07, 6.45) is 5.49. The van der Waals surface area contributed by atoms with Crippen LogP contribution in [0.3, 0.4) is 0 Å². The molecule has 0 saturated carbocycles. The third-order valence-corrected chi connectivity index (χ3v) is 5.23. The normalized spacial score (nSPS) is 13.6. The van der Waals surface area contributed by atoms with Crippen LogP contribution < -0.4 is 5.43 Å². The number of nitrogens with zero attached hydrogens (tertiary/aromatic N) is 2. The molecule has 1 heterocycles. The molecule has 0 amide bonds.